The lowest BCUT2D eigenvalue weighted by molar-refractivity contribution is -0.906. The van der Waals surface area contributed by atoms with Gasteiger partial charge in [0.2, 0.25) is 0 Å². The minimum atomic E-state index is -0.0901. The number of rotatable bonds is 20. The Bertz CT molecular complexity index is 865. The molecule has 4 heteroatoms. The SMILES string of the molecule is CCCCCCCCCCc1cccc(OCCCOC(=O)C(CC)C[N+](C)(C)Cc2ccccc2)c1. The van der Waals surface area contributed by atoms with Gasteiger partial charge in [-0.3, -0.25) is 4.79 Å². The molecule has 0 aromatic heterocycles. The number of ether oxygens (including phenoxy) is 2. The average Bonchev–Trinajstić information content (AvgIpc) is 2.89. The molecule has 0 fully saturated rings. The summed E-state index contributed by atoms with van der Waals surface area (Å²) in [6.45, 7) is 6.96. The van der Waals surface area contributed by atoms with Crippen molar-refractivity contribution in [3.63, 3.8) is 0 Å². The first-order valence-electron chi connectivity index (χ1n) is 14.7. The molecule has 0 aliphatic rings. The number of carbonyl (C=O) groups is 1. The average molecular weight is 511 g/mol. The van der Waals surface area contributed by atoms with Crippen LogP contribution in [-0.4, -0.2) is 44.3 Å². The first-order chi connectivity index (χ1) is 17.9. The van der Waals surface area contributed by atoms with Gasteiger partial charge in [0.1, 0.15) is 18.2 Å². The van der Waals surface area contributed by atoms with Crippen molar-refractivity contribution >= 4 is 5.97 Å². The molecule has 0 aliphatic heterocycles. The molecule has 206 valence electrons. The lowest BCUT2D eigenvalue weighted by Gasteiger charge is -2.32. The zero-order valence-electron chi connectivity index (χ0n) is 24.1. The monoisotopic (exact) mass is 510 g/mol. The van der Waals surface area contributed by atoms with Crippen LogP contribution in [-0.2, 0) is 22.5 Å². The maximum absolute atomic E-state index is 12.7. The fourth-order valence-corrected chi connectivity index (χ4v) is 4.90. The minimum Gasteiger partial charge on any atom is -0.493 e. The van der Waals surface area contributed by atoms with Gasteiger partial charge < -0.3 is 14.0 Å². The third kappa shape index (κ3) is 13.7. The maximum Gasteiger partial charge on any atom is 0.314 e. The molecule has 0 aliphatic carbocycles. The van der Waals surface area contributed by atoms with Crippen LogP contribution in [0, 0.1) is 5.92 Å². The quantitative estimate of drug-likeness (QED) is 0.103. The van der Waals surface area contributed by atoms with E-state index < -0.39 is 0 Å². The van der Waals surface area contributed by atoms with Gasteiger partial charge in [0.15, 0.2) is 0 Å². The van der Waals surface area contributed by atoms with Crippen molar-refractivity contribution in [3.05, 3.63) is 65.7 Å². The van der Waals surface area contributed by atoms with Crippen molar-refractivity contribution in [1.82, 2.24) is 0 Å². The summed E-state index contributed by atoms with van der Waals surface area (Å²) in [6, 6.07) is 18.9. The number of esters is 1. The van der Waals surface area contributed by atoms with Gasteiger partial charge in [0, 0.05) is 12.0 Å². The Kier molecular flexibility index (Phi) is 15.0. The highest BCUT2D eigenvalue weighted by Gasteiger charge is 2.27. The largest absolute Gasteiger partial charge is 0.493 e. The number of aryl methyl sites for hydroxylation is 1. The second kappa shape index (κ2) is 18.0. The summed E-state index contributed by atoms with van der Waals surface area (Å²) < 4.78 is 12.3. The Morgan fingerprint density at radius 2 is 1.46 bits per heavy atom. The smallest absolute Gasteiger partial charge is 0.314 e. The summed E-state index contributed by atoms with van der Waals surface area (Å²) in [7, 11) is 4.36. The Hall–Kier alpha value is -2.33. The molecule has 2 rings (SSSR count). The summed E-state index contributed by atoms with van der Waals surface area (Å²) in [6.07, 6.45) is 13.3. The molecule has 2 aromatic carbocycles. The summed E-state index contributed by atoms with van der Waals surface area (Å²) in [5.74, 6) is 0.733. The highest BCUT2D eigenvalue weighted by molar-refractivity contribution is 5.72. The maximum atomic E-state index is 12.7. The first-order valence-corrected chi connectivity index (χ1v) is 14.7. The molecular formula is C33H52NO3+. The van der Waals surface area contributed by atoms with Crippen LogP contribution in [0.4, 0.5) is 0 Å². The highest BCUT2D eigenvalue weighted by Crippen LogP contribution is 2.18. The van der Waals surface area contributed by atoms with Crippen LogP contribution in [0.1, 0.15) is 89.2 Å². The molecule has 0 bridgehead atoms. The van der Waals surface area contributed by atoms with E-state index in [2.05, 4.69) is 70.4 Å². The summed E-state index contributed by atoms with van der Waals surface area (Å²) in [4.78, 5) is 12.7. The van der Waals surface area contributed by atoms with E-state index in [-0.39, 0.29) is 11.9 Å². The van der Waals surface area contributed by atoms with Gasteiger partial charge in [-0.05, 0) is 37.0 Å². The Balaban J connectivity index is 1.62. The van der Waals surface area contributed by atoms with Gasteiger partial charge in [-0.2, -0.15) is 0 Å². The van der Waals surface area contributed by atoms with Gasteiger partial charge >= 0.3 is 5.97 Å². The van der Waals surface area contributed by atoms with E-state index in [0.29, 0.717) is 19.6 Å². The number of quaternary nitrogens is 1. The molecule has 0 spiro atoms. The topological polar surface area (TPSA) is 35.5 Å². The molecule has 2 aromatic rings. The second-order valence-corrected chi connectivity index (χ2v) is 11.1. The first kappa shape index (κ1) is 30.9. The Morgan fingerprint density at radius 1 is 0.784 bits per heavy atom. The fourth-order valence-electron chi connectivity index (χ4n) is 4.90. The highest BCUT2D eigenvalue weighted by atomic mass is 16.5. The van der Waals surface area contributed by atoms with Crippen LogP contribution in [0.15, 0.2) is 54.6 Å². The molecule has 0 saturated heterocycles. The lowest BCUT2D eigenvalue weighted by atomic mass is 10.0. The number of carbonyl (C=O) groups excluding carboxylic acids is 1. The van der Waals surface area contributed by atoms with Crippen molar-refractivity contribution in [2.45, 2.75) is 91.0 Å². The van der Waals surface area contributed by atoms with Crippen LogP contribution in [0.3, 0.4) is 0 Å². The number of hydrogen-bond acceptors (Lipinski definition) is 3. The number of nitrogens with zero attached hydrogens (tertiary/aromatic N) is 1. The minimum absolute atomic E-state index is 0.0888. The number of benzene rings is 2. The predicted octanol–water partition coefficient (Wildman–Crippen LogP) is 7.98. The fraction of sp³-hybridized carbons (Fsp3) is 0.606. The van der Waals surface area contributed by atoms with Crippen LogP contribution < -0.4 is 4.74 Å². The summed E-state index contributed by atoms with van der Waals surface area (Å²) in [5.41, 5.74) is 2.63. The van der Waals surface area contributed by atoms with Gasteiger partial charge in [0.05, 0.1) is 33.9 Å². The van der Waals surface area contributed by atoms with E-state index in [0.717, 1.165) is 36.2 Å². The third-order valence-corrected chi connectivity index (χ3v) is 7.01. The third-order valence-electron chi connectivity index (χ3n) is 7.01. The van der Waals surface area contributed by atoms with Crippen molar-refractivity contribution in [2.75, 3.05) is 33.9 Å². The van der Waals surface area contributed by atoms with Crippen LogP contribution >= 0.6 is 0 Å². The molecular weight excluding hydrogens is 458 g/mol. The van der Waals surface area contributed by atoms with Gasteiger partial charge in [-0.25, -0.2) is 0 Å². The molecule has 0 N–H and O–H groups in total. The van der Waals surface area contributed by atoms with Gasteiger partial charge in [0.25, 0.3) is 0 Å². The van der Waals surface area contributed by atoms with E-state index in [1.165, 1.54) is 62.5 Å². The van der Waals surface area contributed by atoms with E-state index >= 15 is 0 Å². The molecule has 0 radical (unpaired) electrons. The number of hydrogen-bond donors (Lipinski definition) is 0. The Labute approximate surface area is 227 Å². The zero-order valence-corrected chi connectivity index (χ0v) is 24.1. The standard InChI is InChI=1S/C33H52NO3/c1-5-7-8-9-10-11-12-14-19-29-22-17-23-32(26-29)36-24-18-25-37-33(35)31(6-2)28-34(3,4)27-30-20-15-13-16-21-30/h13,15-17,20-23,26,31H,5-12,14,18-19,24-25,27-28H2,1-4H3/q+1. The molecule has 0 heterocycles. The van der Waals surface area contributed by atoms with Gasteiger partial charge in [-0.1, -0.05) is 101 Å². The van der Waals surface area contributed by atoms with Crippen LogP contribution in [0.25, 0.3) is 0 Å². The van der Waals surface area contributed by atoms with Crippen molar-refractivity contribution < 1.29 is 18.8 Å². The molecule has 1 unspecified atom stereocenters. The molecule has 37 heavy (non-hydrogen) atoms. The lowest BCUT2D eigenvalue weighted by Crippen LogP contribution is -2.44. The van der Waals surface area contributed by atoms with Crippen LogP contribution in [0.2, 0.25) is 0 Å². The predicted molar refractivity (Wildman–Crippen MR) is 155 cm³/mol. The normalized spacial score (nSPS) is 12.3. The van der Waals surface area contributed by atoms with E-state index in [1.807, 2.05) is 12.1 Å². The van der Waals surface area contributed by atoms with Crippen molar-refractivity contribution in [2.24, 2.45) is 5.92 Å². The Morgan fingerprint density at radius 3 is 2.16 bits per heavy atom. The van der Waals surface area contributed by atoms with Crippen LogP contribution in [0.5, 0.6) is 5.75 Å². The molecule has 4 nitrogen and oxygen atoms in total. The molecule has 0 amide bonds. The van der Waals surface area contributed by atoms with Crippen molar-refractivity contribution in [3.8, 4) is 5.75 Å². The van der Waals surface area contributed by atoms with Crippen molar-refractivity contribution in [1.29, 1.82) is 0 Å². The number of unbranched alkanes of at least 4 members (excludes halogenated alkanes) is 7. The van der Waals surface area contributed by atoms with E-state index in [1.54, 1.807) is 0 Å². The molecule has 0 saturated carbocycles. The summed E-state index contributed by atoms with van der Waals surface area (Å²) >= 11 is 0. The van der Waals surface area contributed by atoms with Gasteiger partial charge in [-0.15, -0.1) is 0 Å². The van der Waals surface area contributed by atoms with E-state index in [9.17, 15) is 4.79 Å². The second-order valence-electron chi connectivity index (χ2n) is 11.1. The molecule has 1 atom stereocenters. The van der Waals surface area contributed by atoms with E-state index in [4.69, 9.17) is 9.47 Å². The summed E-state index contributed by atoms with van der Waals surface area (Å²) in [5, 5.41) is 0. The zero-order chi connectivity index (χ0) is 26.8.